The molecule has 0 bridgehead atoms. The molecule has 1 aromatic carbocycles. The van der Waals surface area contributed by atoms with Crippen LogP contribution in [0.3, 0.4) is 0 Å². The third-order valence-electron chi connectivity index (χ3n) is 4.23. The van der Waals surface area contributed by atoms with Crippen molar-refractivity contribution < 1.29 is 24.2 Å². The number of aryl methyl sites for hydroxylation is 1. The van der Waals surface area contributed by atoms with Crippen LogP contribution in [0.1, 0.15) is 25.3 Å². The van der Waals surface area contributed by atoms with Gasteiger partial charge in [-0.3, -0.25) is 9.59 Å². The van der Waals surface area contributed by atoms with Crippen molar-refractivity contribution in [3.05, 3.63) is 23.8 Å². The van der Waals surface area contributed by atoms with Crippen molar-refractivity contribution in [3.8, 4) is 11.5 Å². The fourth-order valence-corrected chi connectivity index (χ4v) is 2.65. The van der Waals surface area contributed by atoms with Gasteiger partial charge in [-0.25, -0.2) is 0 Å². The number of hydrogen-bond acceptors (Lipinski definition) is 4. The Labute approximate surface area is 136 Å². The zero-order valence-electron chi connectivity index (χ0n) is 13.8. The minimum atomic E-state index is -0.853. The molecule has 1 unspecified atom stereocenters. The Morgan fingerprint density at radius 3 is 2.70 bits per heavy atom. The molecule has 1 aromatic rings. The molecule has 1 heterocycles. The summed E-state index contributed by atoms with van der Waals surface area (Å²) in [6, 6.07) is 5.60. The number of hydrogen-bond donors (Lipinski definition) is 1. The third kappa shape index (κ3) is 3.94. The highest BCUT2D eigenvalue weighted by Gasteiger charge is 2.41. The Balaban J connectivity index is 1.85. The molecule has 0 aliphatic carbocycles. The summed E-state index contributed by atoms with van der Waals surface area (Å²) in [4.78, 5) is 25.0. The van der Waals surface area contributed by atoms with E-state index in [0.29, 0.717) is 24.5 Å². The second kappa shape index (κ2) is 6.89. The standard InChI is InChI=1S/C17H23NO5/c1-12-4-5-13(14(10-12)22-3)23-9-6-15(19)18-8-7-17(2,11-18)16(20)21/h4-5,10H,6-9,11H2,1-3H3,(H,20,21). The normalized spacial score (nSPS) is 20.4. The SMILES string of the molecule is COc1cc(C)ccc1OCCC(=O)N1CCC(C)(C(=O)O)C1. The highest BCUT2D eigenvalue weighted by atomic mass is 16.5. The molecule has 1 N–H and O–H groups in total. The van der Waals surface area contributed by atoms with E-state index in [1.54, 1.807) is 18.9 Å². The fraction of sp³-hybridized carbons (Fsp3) is 0.529. The lowest BCUT2D eigenvalue weighted by molar-refractivity contribution is -0.147. The van der Waals surface area contributed by atoms with Gasteiger partial charge in [-0.05, 0) is 38.0 Å². The average molecular weight is 321 g/mol. The van der Waals surface area contributed by atoms with E-state index in [1.807, 2.05) is 25.1 Å². The number of amides is 1. The zero-order chi connectivity index (χ0) is 17.0. The fourth-order valence-electron chi connectivity index (χ4n) is 2.65. The van der Waals surface area contributed by atoms with Crippen LogP contribution in [0.4, 0.5) is 0 Å². The lowest BCUT2D eigenvalue weighted by Gasteiger charge is -2.20. The molecule has 2 rings (SSSR count). The molecule has 1 atom stereocenters. The number of likely N-dealkylation sites (tertiary alicyclic amines) is 1. The van der Waals surface area contributed by atoms with E-state index in [1.165, 1.54) is 0 Å². The highest BCUT2D eigenvalue weighted by Crippen LogP contribution is 2.31. The van der Waals surface area contributed by atoms with E-state index in [-0.39, 0.29) is 25.5 Å². The Morgan fingerprint density at radius 2 is 2.09 bits per heavy atom. The lowest BCUT2D eigenvalue weighted by atomic mass is 9.90. The molecule has 1 amide bonds. The predicted molar refractivity (Wildman–Crippen MR) is 84.8 cm³/mol. The van der Waals surface area contributed by atoms with Gasteiger partial charge in [-0.1, -0.05) is 6.07 Å². The number of carbonyl (C=O) groups excluding carboxylic acids is 1. The van der Waals surface area contributed by atoms with Gasteiger partial charge in [0.25, 0.3) is 0 Å². The molecule has 0 radical (unpaired) electrons. The summed E-state index contributed by atoms with van der Waals surface area (Å²) in [6.45, 7) is 4.61. The monoisotopic (exact) mass is 321 g/mol. The Morgan fingerprint density at radius 1 is 1.35 bits per heavy atom. The van der Waals surface area contributed by atoms with Crippen molar-refractivity contribution in [3.63, 3.8) is 0 Å². The summed E-state index contributed by atoms with van der Waals surface area (Å²) in [5, 5.41) is 9.20. The molecule has 1 saturated heterocycles. The van der Waals surface area contributed by atoms with Crippen LogP contribution in [0.15, 0.2) is 18.2 Å². The van der Waals surface area contributed by atoms with Gasteiger partial charge in [0.15, 0.2) is 11.5 Å². The lowest BCUT2D eigenvalue weighted by Crippen LogP contribution is -2.35. The maximum atomic E-state index is 12.2. The number of benzene rings is 1. The second-order valence-electron chi connectivity index (χ2n) is 6.18. The number of carboxylic acid groups (broad SMARTS) is 1. The maximum absolute atomic E-state index is 12.2. The van der Waals surface area contributed by atoms with Gasteiger partial charge in [0.2, 0.25) is 5.91 Å². The summed E-state index contributed by atoms with van der Waals surface area (Å²) in [6.07, 6.45) is 0.702. The molecule has 126 valence electrons. The van der Waals surface area contributed by atoms with E-state index < -0.39 is 11.4 Å². The quantitative estimate of drug-likeness (QED) is 0.868. The molecule has 0 saturated carbocycles. The van der Waals surface area contributed by atoms with Crippen molar-refractivity contribution in [1.82, 2.24) is 4.90 Å². The maximum Gasteiger partial charge on any atom is 0.311 e. The largest absolute Gasteiger partial charge is 0.493 e. The Bertz CT molecular complexity index is 601. The topological polar surface area (TPSA) is 76.1 Å². The van der Waals surface area contributed by atoms with Gasteiger partial charge < -0.3 is 19.5 Å². The third-order valence-corrected chi connectivity index (χ3v) is 4.23. The highest BCUT2D eigenvalue weighted by molar-refractivity contribution is 5.80. The Hall–Kier alpha value is -2.24. The van der Waals surface area contributed by atoms with Crippen LogP contribution in [0.2, 0.25) is 0 Å². The first-order chi connectivity index (χ1) is 10.9. The first-order valence-corrected chi connectivity index (χ1v) is 7.64. The summed E-state index contributed by atoms with van der Waals surface area (Å²) < 4.78 is 10.9. The van der Waals surface area contributed by atoms with Gasteiger partial charge in [0.1, 0.15) is 0 Å². The summed E-state index contributed by atoms with van der Waals surface area (Å²) >= 11 is 0. The Kier molecular flexibility index (Phi) is 5.13. The van der Waals surface area contributed by atoms with E-state index in [9.17, 15) is 14.7 Å². The van der Waals surface area contributed by atoms with E-state index in [0.717, 1.165) is 5.56 Å². The number of aliphatic carboxylic acids is 1. The van der Waals surface area contributed by atoms with Gasteiger partial charge in [-0.15, -0.1) is 0 Å². The van der Waals surface area contributed by atoms with Crippen LogP contribution >= 0.6 is 0 Å². The smallest absolute Gasteiger partial charge is 0.311 e. The van der Waals surface area contributed by atoms with Gasteiger partial charge in [-0.2, -0.15) is 0 Å². The summed E-state index contributed by atoms with van der Waals surface area (Å²) in [5.41, 5.74) is 0.228. The molecule has 1 aliphatic rings. The second-order valence-corrected chi connectivity index (χ2v) is 6.18. The van der Waals surface area contributed by atoms with Crippen LogP contribution in [0, 0.1) is 12.3 Å². The first kappa shape index (κ1) is 17.1. The van der Waals surface area contributed by atoms with Crippen LogP contribution in [0.25, 0.3) is 0 Å². The molecule has 6 nitrogen and oxygen atoms in total. The number of rotatable bonds is 6. The van der Waals surface area contributed by atoms with Crippen molar-refractivity contribution in [2.24, 2.45) is 5.41 Å². The molecule has 1 aliphatic heterocycles. The average Bonchev–Trinajstić information content (AvgIpc) is 2.92. The van der Waals surface area contributed by atoms with E-state index >= 15 is 0 Å². The predicted octanol–water partition coefficient (Wildman–Crippen LogP) is 2.10. The van der Waals surface area contributed by atoms with Crippen LogP contribution < -0.4 is 9.47 Å². The molecule has 6 heteroatoms. The van der Waals surface area contributed by atoms with Gasteiger partial charge in [0.05, 0.1) is 25.6 Å². The summed E-state index contributed by atoms with van der Waals surface area (Å²) in [5.74, 6) is 0.300. The van der Waals surface area contributed by atoms with Crippen molar-refractivity contribution in [2.75, 3.05) is 26.8 Å². The molecular weight excluding hydrogens is 298 g/mol. The van der Waals surface area contributed by atoms with Gasteiger partial charge >= 0.3 is 5.97 Å². The molecule has 23 heavy (non-hydrogen) atoms. The van der Waals surface area contributed by atoms with Crippen LogP contribution in [-0.2, 0) is 9.59 Å². The molecule has 0 spiro atoms. The minimum absolute atomic E-state index is 0.0824. The molecule has 0 aromatic heterocycles. The molecule has 1 fully saturated rings. The van der Waals surface area contributed by atoms with Crippen LogP contribution in [0.5, 0.6) is 11.5 Å². The zero-order valence-corrected chi connectivity index (χ0v) is 13.8. The van der Waals surface area contributed by atoms with Crippen molar-refractivity contribution in [1.29, 1.82) is 0 Å². The van der Waals surface area contributed by atoms with E-state index in [2.05, 4.69) is 0 Å². The first-order valence-electron chi connectivity index (χ1n) is 7.64. The number of methoxy groups -OCH3 is 1. The number of ether oxygens (including phenoxy) is 2. The number of carbonyl (C=O) groups is 2. The molecular formula is C17H23NO5. The number of nitrogens with zero attached hydrogens (tertiary/aromatic N) is 1. The number of carboxylic acids is 1. The van der Waals surface area contributed by atoms with Crippen molar-refractivity contribution >= 4 is 11.9 Å². The minimum Gasteiger partial charge on any atom is -0.493 e. The summed E-state index contributed by atoms with van der Waals surface area (Å²) in [7, 11) is 1.57. The van der Waals surface area contributed by atoms with Crippen LogP contribution in [-0.4, -0.2) is 48.7 Å². The van der Waals surface area contributed by atoms with E-state index in [4.69, 9.17) is 9.47 Å². The van der Waals surface area contributed by atoms with Gasteiger partial charge in [0, 0.05) is 13.1 Å². The van der Waals surface area contributed by atoms with Crippen molar-refractivity contribution in [2.45, 2.75) is 26.7 Å².